The van der Waals surface area contributed by atoms with E-state index in [1.165, 1.54) is 24.8 Å². The Morgan fingerprint density at radius 1 is 0.952 bits per heavy atom. The highest BCUT2D eigenvalue weighted by Crippen LogP contribution is 2.42. The monoisotopic (exact) mass is 351 g/mol. The molecule has 2 unspecified atom stereocenters. The molecule has 1 heterocycles. The third kappa shape index (κ3) is 3.53. The maximum Gasteiger partial charge on any atom is 0.0175 e. The summed E-state index contributed by atoms with van der Waals surface area (Å²) in [5.74, 6) is 0.537. The first-order valence-corrected chi connectivity index (χ1v) is 8.99. The van der Waals surface area contributed by atoms with Gasteiger partial charge in [0.2, 0.25) is 0 Å². The van der Waals surface area contributed by atoms with Crippen LogP contribution in [0.25, 0.3) is 0 Å². The lowest BCUT2D eigenvalue weighted by Gasteiger charge is -2.57. The normalized spacial score (nSPS) is 24.5. The van der Waals surface area contributed by atoms with Crippen LogP contribution in [-0.4, -0.2) is 22.0 Å². The zero-order valence-electron chi connectivity index (χ0n) is 14.4. The molecule has 2 rings (SSSR count). The third-order valence-electron chi connectivity index (χ3n) is 5.41. The van der Waals surface area contributed by atoms with Crippen LogP contribution in [0.3, 0.4) is 0 Å². The number of hydrogen-bond donors (Lipinski definition) is 0. The number of nitrogens with zero attached hydrogens (tertiary/aromatic N) is 1. The van der Waals surface area contributed by atoms with Crippen LogP contribution < -0.4 is 0 Å². The van der Waals surface area contributed by atoms with E-state index in [-0.39, 0.29) is 11.1 Å². The Balaban J connectivity index is 2.27. The number of halogens is 1. The van der Waals surface area contributed by atoms with Gasteiger partial charge < -0.3 is 0 Å². The van der Waals surface area contributed by atoms with Crippen LogP contribution in [0.2, 0.25) is 0 Å². The van der Waals surface area contributed by atoms with E-state index >= 15 is 0 Å². The van der Waals surface area contributed by atoms with Gasteiger partial charge in [-0.2, -0.15) is 0 Å². The number of piperidine rings is 1. The number of likely N-dealkylation sites (tertiary alicyclic amines) is 1. The predicted molar refractivity (Wildman–Crippen MR) is 95.9 cm³/mol. The van der Waals surface area contributed by atoms with E-state index in [9.17, 15) is 0 Å². The minimum absolute atomic E-state index is 0.283. The molecule has 21 heavy (non-hydrogen) atoms. The summed E-state index contributed by atoms with van der Waals surface area (Å²) in [6.07, 6.45) is 3.94. The average Bonchev–Trinajstić information content (AvgIpc) is 2.36. The van der Waals surface area contributed by atoms with Crippen molar-refractivity contribution in [1.82, 2.24) is 4.90 Å². The second-order valence-electron chi connectivity index (χ2n) is 7.93. The van der Waals surface area contributed by atoms with Crippen molar-refractivity contribution in [1.29, 1.82) is 0 Å². The fourth-order valence-corrected chi connectivity index (χ4v) is 4.65. The first-order chi connectivity index (χ1) is 9.65. The molecule has 1 aromatic carbocycles. The number of rotatable bonds is 3. The van der Waals surface area contributed by atoms with Crippen LogP contribution in [0.4, 0.5) is 0 Å². The Kier molecular flexibility index (Phi) is 4.90. The summed E-state index contributed by atoms with van der Waals surface area (Å²) in [5.41, 5.74) is 2.00. The van der Waals surface area contributed by atoms with E-state index in [0.717, 1.165) is 4.47 Å². The molecule has 0 radical (unpaired) electrons. The lowest BCUT2D eigenvalue weighted by molar-refractivity contribution is -0.0620. The smallest absolute Gasteiger partial charge is 0.0175 e. The molecule has 1 aromatic rings. The minimum atomic E-state index is 0.283. The van der Waals surface area contributed by atoms with Gasteiger partial charge in [-0.15, -0.1) is 0 Å². The van der Waals surface area contributed by atoms with Gasteiger partial charge in [-0.1, -0.05) is 35.0 Å². The minimum Gasteiger partial charge on any atom is -0.290 e. The SMILES string of the molecule is CC(c1ccc(Br)cc1)C(C)N1C(C)(C)CCCC1(C)C. The van der Waals surface area contributed by atoms with Crippen molar-refractivity contribution >= 4 is 15.9 Å². The van der Waals surface area contributed by atoms with E-state index in [1.54, 1.807) is 0 Å². The second kappa shape index (κ2) is 6.04. The summed E-state index contributed by atoms with van der Waals surface area (Å²) in [5, 5.41) is 0. The zero-order valence-corrected chi connectivity index (χ0v) is 16.0. The molecule has 0 N–H and O–H groups in total. The summed E-state index contributed by atoms with van der Waals surface area (Å²) in [7, 11) is 0. The van der Waals surface area contributed by atoms with Crippen LogP contribution >= 0.6 is 15.9 Å². The molecule has 0 aromatic heterocycles. The van der Waals surface area contributed by atoms with E-state index < -0.39 is 0 Å². The lowest BCUT2D eigenvalue weighted by Crippen LogP contribution is -2.62. The Labute approximate surface area is 139 Å². The van der Waals surface area contributed by atoms with E-state index in [0.29, 0.717) is 12.0 Å². The molecule has 118 valence electrons. The number of hydrogen-bond acceptors (Lipinski definition) is 1. The predicted octanol–water partition coefficient (Wildman–Crippen LogP) is 5.98. The third-order valence-corrected chi connectivity index (χ3v) is 5.94. The van der Waals surface area contributed by atoms with Gasteiger partial charge in [0.25, 0.3) is 0 Å². The molecule has 1 aliphatic heterocycles. The fraction of sp³-hybridized carbons (Fsp3) is 0.684. The van der Waals surface area contributed by atoms with Crippen molar-refractivity contribution in [2.75, 3.05) is 0 Å². The molecule has 1 fully saturated rings. The van der Waals surface area contributed by atoms with Gasteiger partial charge >= 0.3 is 0 Å². The van der Waals surface area contributed by atoms with E-state index in [1.807, 2.05) is 0 Å². The van der Waals surface area contributed by atoms with Crippen LogP contribution in [0.15, 0.2) is 28.7 Å². The molecule has 1 nitrogen and oxygen atoms in total. The molecule has 0 spiro atoms. The second-order valence-corrected chi connectivity index (χ2v) is 8.84. The van der Waals surface area contributed by atoms with Crippen LogP contribution in [0, 0.1) is 0 Å². The van der Waals surface area contributed by atoms with Gasteiger partial charge in [-0.05, 0) is 77.5 Å². The molecule has 0 aliphatic carbocycles. The molecular formula is C19H30BrN. The maximum atomic E-state index is 3.53. The summed E-state index contributed by atoms with van der Waals surface area (Å²) < 4.78 is 1.16. The van der Waals surface area contributed by atoms with Gasteiger partial charge in [0.05, 0.1) is 0 Å². The highest BCUT2D eigenvalue weighted by molar-refractivity contribution is 9.10. The summed E-state index contributed by atoms with van der Waals surface area (Å²) in [6, 6.07) is 9.37. The summed E-state index contributed by atoms with van der Waals surface area (Å²) in [6.45, 7) is 14.4. The van der Waals surface area contributed by atoms with Crippen LogP contribution in [0.5, 0.6) is 0 Å². The standard InChI is InChI=1S/C19H30BrN/c1-14(16-8-10-17(20)11-9-16)15(2)21-18(3,4)12-7-13-19(21,5)6/h8-11,14-15H,7,12-13H2,1-6H3. The largest absolute Gasteiger partial charge is 0.290 e. The first kappa shape index (κ1) is 17.0. The van der Waals surface area contributed by atoms with Crippen molar-refractivity contribution in [3.8, 4) is 0 Å². The zero-order chi connectivity index (χ0) is 15.8. The Bertz CT molecular complexity index is 459. The summed E-state index contributed by atoms with van der Waals surface area (Å²) in [4.78, 5) is 2.77. The Hall–Kier alpha value is -0.340. The van der Waals surface area contributed by atoms with Crippen molar-refractivity contribution < 1.29 is 0 Å². The van der Waals surface area contributed by atoms with Gasteiger partial charge in [-0.25, -0.2) is 0 Å². The Morgan fingerprint density at radius 3 is 1.90 bits per heavy atom. The maximum absolute atomic E-state index is 3.53. The number of benzene rings is 1. The van der Waals surface area contributed by atoms with Crippen molar-refractivity contribution in [3.63, 3.8) is 0 Å². The molecule has 1 aliphatic rings. The highest BCUT2D eigenvalue weighted by Gasteiger charge is 2.44. The van der Waals surface area contributed by atoms with Crippen molar-refractivity contribution in [2.24, 2.45) is 0 Å². The summed E-state index contributed by atoms with van der Waals surface area (Å²) >= 11 is 3.53. The van der Waals surface area contributed by atoms with Gasteiger partial charge in [0, 0.05) is 21.6 Å². The van der Waals surface area contributed by atoms with Crippen LogP contribution in [-0.2, 0) is 0 Å². The quantitative estimate of drug-likeness (QED) is 0.646. The van der Waals surface area contributed by atoms with Gasteiger partial charge in [-0.3, -0.25) is 4.90 Å². The van der Waals surface area contributed by atoms with E-state index in [4.69, 9.17) is 0 Å². The topological polar surface area (TPSA) is 3.24 Å². The fourth-order valence-electron chi connectivity index (χ4n) is 4.38. The van der Waals surface area contributed by atoms with Gasteiger partial charge in [0.1, 0.15) is 0 Å². The highest BCUT2D eigenvalue weighted by atomic mass is 79.9. The molecular weight excluding hydrogens is 322 g/mol. The molecule has 0 amide bonds. The van der Waals surface area contributed by atoms with Gasteiger partial charge in [0.15, 0.2) is 0 Å². The Morgan fingerprint density at radius 2 is 1.43 bits per heavy atom. The van der Waals surface area contributed by atoms with Crippen LogP contribution in [0.1, 0.15) is 72.3 Å². The lowest BCUT2D eigenvalue weighted by atomic mass is 9.76. The molecule has 0 saturated carbocycles. The molecule has 2 heteroatoms. The average molecular weight is 352 g/mol. The van der Waals surface area contributed by atoms with Crippen molar-refractivity contribution in [3.05, 3.63) is 34.3 Å². The van der Waals surface area contributed by atoms with Crippen molar-refractivity contribution in [2.45, 2.75) is 83.8 Å². The molecule has 0 bridgehead atoms. The first-order valence-electron chi connectivity index (χ1n) is 8.20. The molecule has 2 atom stereocenters. The molecule has 1 saturated heterocycles. The van der Waals surface area contributed by atoms with E-state index in [2.05, 4.69) is 86.6 Å².